The molecule has 0 aliphatic heterocycles. The van der Waals surface area contributed by atoms with E-state index in [4.69, 9.17) is 23.6 Å². The number of carbonyl (C=O) groups is 1. The molecule has 298 valence electrons. The summed E-state index contributed by atoms with van der Waals surface area (Å²) in [6, 6.07) is 0. The quantitative estimate of drug-likeness (QED) is 0.0245. The van der Waals surface area contributed by atoms with Gasteiger partial charge in [-0.15, -0.1) is 0 Å². The van der Waals surface area contributed by atoms with Crippen LogP contribution in [0, 0.1) is 0 Å². The number of esters is 1. The number of unbranched alkanes of at least 4 members (excludes halogenated alkanes) is 16. The van der Waals surface area contributed by atoms with Crippen molar-refractivity contribution in [1.82, 2.24) is 0 Å². The van der Waals surface area contributed by atoms with Crippen LogP contribution in [0.2, 0.25) is 0 Å². The summed E-state index contributed by atoms with van der Waals surface area (Å²) in [6.07, 6.45) is 40.6. The average Bonchev–Trinajstić information content (AvgIpc) is 3.12. The lowest BCUT2D eigenvalue weighted by Gasteiger charge is -2.20. The van der Waals surface area contributed by atoms with Gasteiger partial charge in [0.15, 0.2) is 0 Å². The Bertz CT molecular complexity index is 934. The summed E-state index contributed by atoms with van der Waals surface area (Å²) < 4.78 is 33.3. The van der Waals surface area contributed by atoms with Crippen molar-refractivity contribution in [3.05, 3.63) is 48.6 Å². The number of phosphoric acid groups is 1. The Morgan fingerprint density at radius 1 is 0.627 bits per heavy atom. The summed E-state index contributed by atoms with van der Waals surface area (Å²) in [5.74, 6) is -0.403. The van der Waals surface area contributed by atoms with E-state index >= 15 is 0 Å². The molecule has 0 saturated carbocycles. The molecule has 0 rings (SSSR count). The smallest absolute Gasteiger partial charge is 0.457 e. The second-order valence-electron chi connectivity index (χ2n) is 13.3. The van der Waals surface area contributed by atoms with Gasteiger partial charge in [0.25, 0.3) is 0 Å². The van der Waals surface area contributed by atoms with Gasteiger partial charge in [-0.1, -0.05) is 133 Å². The highest BCUT2D eigenvalue weighted by Gasteiger charge is 2.26. The molecule has 0 spiro atoms. The number of allylic oxidation sites excluding steroid dienone is 8. The van der Waals surface area contributed by atoms with Gasteiger partial charge in [0.1, 0.15) is 12.2 Å². The van der Waals surface area contributed by atoms with Crippen molar-refractivity contribution in [2.45, 2.75) is 174 Å². The molecule has 0 bridgehead atoms. The van der Waals surface area contributed by atoms with Crippen molar-refractivity contribution in [3.63, 3.8) is 0 Å². The first kappa shape index (κ1) is 49.4. The maximum absolute atomic E-state index is 12.6. The SMILES string of the molecule is CC/C=C\C/C=C\C/C=C\CCCCCCCC(=O)OC(COCCCCCCCC/C=C\CCCCCCC)COP(=O)(O)OCC(O)CO. The fourth-order valence-corrected chi connectivity index (χ4v) is 5.98. The fraction of sp³-hybridized carbons (Fsp3) is 0.780. The third-order valence-electron chi connectivity index (χ3n) is 8.25. The molecule has 9 nitrogen and oxygen atoms in total. The zero-order valence-electron chi connectivity index (χ0n) is 32.3. The number of phosphoric ester groups is 1. The van der Waals surface area contributed by atoms with Gasteiger partial charge < -0.3 is 24.6 Å². The molecule has 10 heteroatoms. The molecule has 0 aromatic carbocycles. The van der Waals surface area contributed by atoms with Crippen LogP contribution in [0.3, 0.4) is 0 Å². The Morgan fingerprint density at radius 3 is 1.71 bits per heavy atom. The Kier molecular flexibility index (Phi) is 37.0. The molecule has 0 aliphatic rings. The van der Waals surface area contributed by atoms with Crippen molar-refractivity contribution in [2.75, 3.05) is 33.0 Å². The van der Waals surface area contributed by atoms with E-state index in [9.17, 15) is 19.4 Å². The third kappa shape index (κ3) is 38.0. The molecule has 0 amide bonds. The topological polar surface area (TPSA) is 132 Å². The molecule has 0 saturated heterocycles. The Morgan fingerprint density at radius 2 is 1.12 bits per heavy atom. The summed E-state index contributed by atoms with van der Waals surface area (Å²) in [4.78, 5) is 22.5. The molecule has 3 unspecified atom stereocenters. The number of aliphatic hydroxyl groups excluding tert-OH is 2. The van der Waals surface area contributed by atoms with Gasteiger partial charge >= 0.3 is 13.8 Å². The first-order chi connectivity index (χ1) is 24.8. The highest BCUT2D eigenvalue weighted by Crippen LogP contribution is 2.43. The normalized spacial score (nSPS) is 14.7. The number of rotatable bonds is 38. The highest BCUT2D eigenvalue weighted by atomic mass is 31.2. The lowest BCUT2D eigenvalue weighted by Crippen LogP contribution is -2.29. The predicted octanol–water partition coefficient (Wildman–Crippen LogP) is 10.6. The zero-order chi connectivity index (χ0) is 37.5. The van der Waals surface area contributed by atoms with Gasteiger partial charge in [0, 0.05) is 13.0 Å². The number of hydrogen-bond donors (Lipinski definition) is 3. The van der Waals surface area contributed by atoms with Crippen molar-refractivity contribution < 1.29 is 43.0 Å². The maximum Gasteiger partial charge on any atom is 0.472 e. The minimum absolute atomic E-state index is 0.0369. The van der Waals surface area contributed by atoms with Crippen LogP contribution in [0.1, 0.15) is 162 Å². The van der Waals surface area contributed by atoms with Gasteiger partial charge in [-0.3, -0.25) is 13.8 Å². The lowest BCUT2D eigenvalue weighted by atomic mass is 10.1. The van der Waals surface area contributed by atoms with Crippen molar-refractivity contribution >= 4 is 13.8 Å². The summed E-state index contributed by atoms with van der Waals surface area (Å²) in [7, 11) is -4.52. The minimum Gasteiger partial charge on any atom is -0.457 e. The van der Waals surface area contributed by atoms with E-state index in [0.29, 0.717) is 13.0 Å². The number of aliphatic hydroxyl groups is 2. The third-order valence-corrected chi connectivity index (χ3v) is 9.20. The van der Waals surface area contributed by atoms with Crippen LogP contribution in [0.25, 0.3) is 0 Å². The van der Waals surface area contributed by atoms with Gasteiger partial charge in [0.2, 0.25) is 0 Å². The van der Waals surface area contributed by atoms with Crippen molar-refractivity contribution in [2.24, 2.45) is 0 Å². The molecule has 0 aromatic rings. The van der Waals surface area contributed by atoms with Gasteiger partial charge in [-0.2, -0.15) is 0 Å². The summed E-state index contributed by atoms with van der Waals surface area (Å²) >= 11 is 0. The highest BCUT2D eigenvalue weighted by molar-refractivity contribution is 7.47. The Balaban J connectivity index is 4.26. The molecule has 3 atom stereocenters. The molecule has 51 heavy (non-hydrogen) atoms. The second kappa shape index (κ2) is 38.2. The largest absolute Gasteiger partial charge is 0.472 e. The Hall–Kier alpha value is -1.58. The van der Waals surface area contributed by atoms with E-state index in [2.05, 4.69) is 62.5 Å². The van der Waals surface area contributed by atoms with Crippen LogP contribution in [-0.2, 0) is 27.9 Å². The standard InChI is InChI=1S/C41H75O9P/c1-3-5-7-9-11-13-15-17-19-21-23-25-27-29-31-33-41(44)50-40(38-49-51(45,46)48-36-39(43)35-42)37-47-34-32-30-28-26-24-22-20-18-16-14-12-10-8-6-4-2/h5,7,11,13,16-19,39-40,42-43H,3-4,6,8-10,12,14-15,20-38H2,1-2H3,(H,45,46)/b7-5-,13-11-,18-16-,19-17-. The van der Waals surface area contributed by atoms with Crippen molar-refractivity contribution in [3.8, 4) is 0 Å². The molecule has 0 aromatic heterocycles. The second-order valence-corrected chi connectivity index (χ2v) is 14.7. The molecule has 0 heterocycles. The number of hydrogen-bond acceptors (Lipinski definition) is 8. The van der Waals surface area contributed by atoms with Crippen LogP contribution in [0.5, 0.6) is 0 Å². The summed E-state index contributed by atoms with van der Waals surface area (Å²) in [5, 5.41) is 18.3. The number of ether oxygens (including phenoxy) is 2. The fourth-order valence-electron chi connectivity index (χ4n) is 5.19. The molecule has 3 N–H and O–H groups in total. The van der Waals surface area contributed by atoms with Crippen LogP contribution in [0.15, 0.2) is 48.6 Å². The van der Waals surface area contributed by atoms with Crippen molar-refractivity contribution in [1.29, 1.82) is 0 Å². The van der Waals surface area contributed by atoms with Crippen LogP contribution in [-0.4, -0.2) is 66.3 Å². The molecular weight excluding hydrogens is 667 g/mol. The van der Waals surface area contributed by atoms with Crippen LogP contribution < -0.4 is 0 Å². The zero-order valence-corrected chi connectivity index (χ0v) is 33.2. The molecule has 0 fully saturated rings. The Labute approximate surface area is 311 Å². The van der Waals surface area contributed by atoms with Gasteiger partial charge in [-0.05, 0) is 70.6 Å². The van der Waals surface area contributed by atoms with Gasteiger partial charge in [-0.25, -0.2) is 4.57 Å². The summed E-state index contributed by atoms with van der Waals surface area (Å²) in [5.41, 5.74) is 0. The van der Waals surface area contributed by atoms with E-state index in [1.165, 1.54) is 57.8 Å². The molecule has 0 aliphatic carbocycles. The van der Waals surface area contributed by atoms with Gasteiger partial charge in [0.05, 0.1) is 26.4 Å². The minimum atomic E-state index is -4.52. The molecular formula is C41H75O9P. The van der Waals surface area contributed by atoms with E-state index in [0.717, 1.165) is 77.0 Å². The maximum atomic E-state index is 12.6. The average molecular weight is 743 g/mol. The van der Waals surface area contributed by atoms with E-state index < -0.39 is 39.2 Å². The molecule has 0 radical (unpaired) electrons. The first-order valence-corrected chi connectivity index (χ1v) is 21.6. The monoisotopic (exact) mass is 743 g/mol. The van der Waals surface area contributed by atoms with Crippen LogP contribution in [0.4, 0.5) is 0 Å². The first-order valence-electron chi connectivity index (χ1n) is 20.1. The van der Waals surface area contributed by atoms with Crippen LogP contribution >= 0.6 is 7.82 Å². The van der Waals surface area contributed by atoms with E-state index in [1.54, 1.807) is 0 Å². The summed E-state index contributed by atoms with van der Waals surface area (Å²) in [6.45, 7) is 3.35. The van der Waals surface area contributed by atoms with E-state index in [-0.39, 0.29) is 19.6 Å². The predicted molar refractivity (Wildman–Crippen MR) is 210 cm³/mol. The lowest BCUT2D eigenvalue weighted by molar-refractivity contribution is -0.154. The number of carbonyl (C=O) groups excluding carboxylic acids is 1. The van der Waals surface area contributed by atoms with E-state index in [1.807, 2.05) is 0 Å².